The molecule has 0 aliphatic rings. The number of benzene rings is 3. The monoisotopic (exact) mass is 619 g/mol. The SMILES string of the molecule is NS(=O)(=O)c1cc(-c2ccc(CSCc3ccc(CS(=O)(=O)O)c(Br)c3)cc2)ccc1Br. The summed E-state index contributed by atoms with van der Waals surface area (Å²) in [6, 6.07) is 18.3. The second-order valence-corrected chi connectivity index (χ2v) is 12.7. The highest BCUT2D eigenvalue weighted by atomic mass is 79.9. The summed E-state index contributed by atoms with van der Waals surface area (Å²) in [6.45, 7) is 0. The van der Waals surface area contributed by atoms with Crippen LogP contribution in [0.4, 0.5) is 0 Å². The van der Waals surface area contributed by atoms with Gasteiger partial charge in [0.1, 0.15) is 5.75 Å². The van der Waals surface area contributed by atoms with Crippen molar-refractivity contribution >= 4 is 63.8 Å². The Hall–Kier alpha value is -1.21. The van der Waals surface area contributed by atoms with Crippen LogP contribution in [0.25, 0.3) is 11.1 Å². The van der Waals surface area contributed by atoms with Crippen molar-refractivity contribution in [1.29, 1.82) is 0 Å². The van der Waals surface area contributed by atoms with Crippen LogP contribution in [0.15, 0.2) is 74.5 Å². The number of primary sulfonamides is 1. The molecule has 3 aromatic rings. The lowest BCUT2D eigenvalue weighted by molar-refractivity contribution is 0.482. The molecule has 170 valence electrons. The number of sulfonamides is 1. The normalized spacial score (nSPS) is 12.1. The average molecular weight is 621 g/mol. The lowest BCUT2D eigenvalue weighted by Crippen LogP contribution is -2.12. The van der Waals surface area contributed by atoms with Gasteiger partial charge in [0.2, 0.25) is 10.0 Å². The van der Waals surface area contributed by atoms with E-state index in [4.69, 9.17) is 9.69 Å². The second-order valence-electron chi connectivity index (χ2n) is 7.03. The zero-order chi connectivity index (χ0) is 23.5. The third kappa shape index (κ3) is 7.14. The van der Waals surface area contributed by atoms with Gasteiger partial charge in [-0.2, -0.15) is 20.2 Å². The predicted molar refractivity (Wildman–Crippen MR) is 135 cm³/mol. The lowest BCUT2D eigenvalue weighted by Gasteiger charge is -2.09. The first-order valence-corrected chi connectivity index (χ1v) is 15.0. The van der Waals surface area contributed by atoms with Gasteiger partial charge in [-0.05, 0) is 61.9 Å². The van der Waals surface area contributed by atoms with Gasteiger partial charge in [0, 0.05) is 20.5 Å². The topological polar surface area (TPSA) is 115 Å². The van der Waals surface area contributed by atoms with E-state index >= 15 is 0 Å². The Morgan fingerprint density at radius 3 is 1.97 bits per heavy atom. The van der Waals surface area contributed by atoms with Gasteiger partial charge in [-0.15, -0.1) is 0 Å². The van der Waals surface area contributed by atoms with Crippen LogP contribution in [0, 0.1) is 0 Å². The van der Waals surface area contributed by atoms with Gasteiger partial charge in [0.25, 0.3) is 10.1 Å². The van der Waals surface area contributed by atoms with E-state index in [2.05, 4.69) is 31.9 Å². The Morgan fingerprint density at radius 2 is 1.38 bits per heavy atom. The summed E-state index contributed by atoms with van der Waals surface area (Å²) >= 11 is 8.28. The minimum Gasteiger partial charge on any atom is -0.285 e. The second kappa shape index (κ2) is 10.4. The predicted octanol–water partition coefficient (Wildman–Crippen LogP) is 5.35. The van der Waals surface area contributed by atoms with Gasteiger partial charge in [-0.1, -0.05) is 58.4 Å². The summed E-state index contributed by atoms with van der Waals surface area (Å²) in [4.78, 5) is 0.0448. The first-order valence-electron chi connectivity index (χ1n) is 9.14. The fourth-order valence-electron chi connectivity index (χ4n) is 2.98. The van der Waals surface area contributed by atoms with Gasteiger partial charge < -0.3 is 0 Å². The van der Waals surface area contributed by atoms with Crippen molar-refractivity contribution in [1.82, 2.24) is 0 Å². The number of hydrogen-bond donors (Lipinski definition) is 2. The third-order valence-corrected chi connectivity index (χ3v) is 8.91. The van der Waals surface area contributed by atoms with Crippen molar-refractivity contribution in [3.63, 3.8) is 0 Å². The molecule has 3 aromatic carbocycles. The van der Waals surface area contributed by atoms with Crippen molar-refractivity contribution in [3.8, 4) is 11.1 Å². The van der Waals surface area contributed by atoms with E-state index < -0.39 is 25.9 Å². The van der Waals surface area contributed by atoms with Crippen LogP contribution in [0.5, 0.6) is 0 Å². The Balaban J connectivity index is 1.63. The Morgan fingerprint density at radius 1 is 0.781 bits per heavy atom. The third-order valence-electron chi connectivity index (χ3n) is 4.52. The zero-order valence-electron chi connectivity index (χ0n) is 16.5. The number of halogens is 2. The molecule has 0 radical (unpaired) electrons. The minimum absolute atomic E-state index is 0.0448. The van der Waals surface area contributed by atoms with Gasteiger partial charge in [-0.25, -0.2) is 13.6 Å². The fraction of sp³-hybridized carbons (Fsp3) is 0.143. The van der Waals surface area contributed by atoms with Gasteiger partial charge in [0.05, 0.1) is 4.90 Å². The van der Waals surface area contributed by atoms with Crippen LogP contribution in [0.3, 0.4) is 0 Å². The molecule has 0 aliphatic carbocycles. The Kier molecular flexibility index (Phi) is 8.24. The van der Waals surface area contributed by atoms with Crippen LogP contribution in [0.1, 0.15) is 16.7 Å². The Bertz CT molecular complexity index is 1340. The summed E-state index contributed by atoms with van der Waals surface area (Å²) in [6.07, 6.45) is 0. The molecule has 0 saturated heterocycles. The molecule has 0 fully saturated rings. The highest BCUT2D eigenvalue weighted by Gasteiger charge is 2.14. The molecule has 0 aromatic heterocycles. The van der Waals surface area contributed by atoms with Crippen LogP contribution in [-0.4, -0.2) is 21.4 Å². The molecule has 0 spiro atoms. The zero-order valence-corrected chi connectivity index (χ0v) is 22.2. The fourth-order valence-corrected chi connectivity index (χ4v) is 6.87. The molecule has 0 amide bonds. The minimum atomic E-state index is -4.07. The van der Waals surface area contributed by atoms with E-state index in [1.54, 1.807) is 30.0 Å². The maximum Gasteiger partial charge on any atom is 0.269 e. The first-order chi connectivity index (χ1) is 14.9. The molecule has 0 saturated carbocycles. The van der Waals surface area contributed by atoms with Crippen LogP contribution >= 0.6 is 43.6 Å². The van der Waals surface area contributed by atoms with Crippen molar-refractivity contribution < 1.29 is 21.4 Å². The van der Waals surface area contributed by atoms with Gasteiger partial charge in [0.15, 0.2) is 0 Å². The molecule has 3 N–H and O–H groups in total. The number of rotatable bonds is 8. The molecule has 11 heteroatoms. The maximum atomic E-state index is 11.7. The quantitative estimate of drug-likeness (QED) is 0.328. The van der Waals surface area contributed by atoms with E-state index in [-0.39, 0.29) is 4.90 Å². The average Bonchev–Trinajstić information content (AvgIpc) is 2.69. The first kappa shape index (κ1) is 25.4. The van der Waals surface area contributed by atoms with E-state index in [9.17, 15) is 16.8 Å². The van der Waals surface area contributed by atoms with Crippen LogP contribution in [0.2, 0.25) is 0 Å². The standard InChI is InChI=1S/C21H19Br2NO5S3/c22-19-8-7-17(10-21(19)32(24,28)29)16-4-1-14(2-5-16)11-30-12-15-3-6-18(20(23)9-15)13-31(25,26)27/h1-10H,11-13H2,(H2,24,28,29)(H,25,26,27). The largest absolute Gasteiger partial charge is 0.285 e. The number of hydrogen-bond acceptors (Lipinski definition) is 5. The maximum absolute atomic E-state index is 11.7. The summed E-state index contributed by atoms with van der Waals surface area (Å²) in [5, 5.41) is 5.27. The molecule has 0 atom stereocenters. The smallest absolute Gasteiger partial charge is 0.269 e. The van der Waals surface area contributed by atoms with Crippen molar-refractivity contribution in [2.24, 2.45) is 5.14 Å². The highest BCUT2D eigenvalue weighted by Crippen LogP contribution is 2.29. The van der Waals surface area contributed by atoms with E-state index in [0.717, 1.165) is 33.8 Å². The molecule has 0 aliphatic heterocycles. The highest BCUT2D eigenvalue weighted by molar-refractivity contribution is 9.10. The molecule has 32 heavy (non-hydrogen) atoms. The molecule has 0 unspecified atom stereocenters. The molecular weight excluding hydrogens is 602 g/mol. The summed E-state index contributed by atoms with van der Waals surface area (Å²) in [7, 11) is -7.90. The van der Waals surface area contributed by atoms with Gasteiger partial charge in [-0.3, -0.25) is 4.55 Å². The van der Waals surface area contributed by atoms with Crippen molar-refractivity contribution in [2.45, 2.75) is 22.2 Å². The molecule has 0 heterocycles. The Labute approximate surface area is 208 Å². The number of thioether (sulfide) groups is 1. The summed E-state index contributed by atoms with van der Waals surface area (Å²) in [5.41, 5.74) is 4.30. The van der Waals surface area contributed by atoms with Crippen LogP contribution < -0.4 is 5.14 Å². The molecule has 6 nitrogen and oxygen atoms in total. The van der Waals surface area contributed by atoms with E-state index in [0.29, 0.717) is 14.5 Å². The molecule has 0 bridgehead atoms. The van der Waals surface area contributed by atoms with E-state index in [1.807, 2.05) is 42.5 Å². The lowest BCUT2D eigenvalue weighted by atomic mass is 10.0. The molecule has 3 rings (SSSR count). The van der Waals surface area contributed by atoms with Gasteiger partial charge >= 0.3 is 0 Å². The van der Waals surface area contributed by atoms with Crippen LogP contribution in [-0.2, 0) is 37.4 Å². The van der Waals surface area contributed by atoms with E-state index in [1.165, 1.54) is 0 Å². The molecular formula is C21H19Br2NO5S3. The van der Waals surface area contributed by atoms with Crippen molar-refractivity contribution in [3.05, 3.63) is 86.3 Å². The summed E-state index contributed by atoms with van der Waals surface area (Å²) in [5.74, 6) is 1.08. The van der Waals surface area contributed by atoms with Crippen molar-refractivity contribution in [2.75, 3.05) is 0 Å². The number of nitrogens with two attached hydrogens (primary N) is 1. The summed E-state index contributed by atoms with van der Waals surface area (Å²) < 4.78 is 55.6.